The summed E-state index contributed by atoms with van der Waals surface area (Å²) in [4.78, 5) is 34.9. The fourth-order valence-electron chi connectivity index (χ4n) is 2.59. The van der Waals surface area contributed by atoms with E-state index in [0.717, 1.165) is 5.56 Å². The van der Waals surface area contributed by atoms with Crippen molar-refractivity contribution in [2.45, 2.75) is 12.8 Å². The van der Waals surface area contributed by atoms with Crippen LogP contribution >= 0.6 is 11.6 Å². The molecular formula is C18H15ClN2O3. The van der Waals surface area contributed by atoms with Crippen LogP contribution < -0.4 is 10.6 Å². The minimum absolute atomic E-state index is 0.222. The van der Waals surface area contributed by atoms with Crippen LogP contribution in [-0.4, -0.2) is 17.7 Å². The Balaban J connectivity index is 1.62. The molecule has 6 heteroatoms. The lowest BCUT2D eigenvalue weighted by molar-refractivity contribution is -0.125. The minimum atomic E-state index is -0.313. The Labute approximate surface area is 144 Å². The number of rotatable bonds is 4. The second kappa shape index (κ2) is 6.84. The van der Waals surface area contributed by atoms with Crippen molar-refractivity contribution in [1.82, 2.24) is 5.32 Å². The summed E-state index contributed by atoms with van der Waals surface area (Å²) in [6.07, 6.45) is 0.733. The van der Waals surface area contributed by atoms with Crippen LogP contribution in [0.1, 0.15) is 22.3 Å². The van der Waals surface area contributed by atoms with E-state index in [9.17, 15) is 14.4 Å². The molecule has 0 unspecified atom stereocenters. The molecule has 5 nitrogen and oxygen atoms in total. The highest BCUT2D eigenvalue weighted by molar-refractivity contribution is 6.30. The average Bonchev–Trinajstić information content (AvgIpc) is 2.87. The summed E-state index contributed by atoms with van der Waals surface area (Å²) in [6, 6.07) is 13.9. The lowest BCUT2D eigenvalue weighted by atomic mass is 9.98. The Kier molecular flexibility index (Phi) is 4.62. The van der Waals surface area contributed by atoms with Crippen LogP contribution in [0.3, 0.4) is 0 Å². The largest absolute Gasteiger partial charge is 0.322 e. The number of nitrogens with one attached hydrogen (secondary N) is 2. The molecule has 3 rings (SSSR count). The smallest absolute Gasteiger partial charge is 0.255 e. The number of hydrogen-bond donors (Lipinski definition) is 2. The molecule has 1 saturated heterocycles. The number of carbonyl (C=O) groups is 3. The summed E-state index contributed by atoms with van der Waals surface area (Å²) in [7, 11) is 0. The second-order valence-electron chi connectivity index (χ2n) is 5.68. The zero-order chi connectivity index (χ0) is 17.1. The van der Waals surface area contributed by atoms with Crippen LogP contribution in [0, 0.1) is 5.92 Å². The van der Waals surface area contributed by atoms with E-state index in [1.165, 1.54) is 0 Å². The molecule has 3 amide bonds. The number of imide groups is 1. The molecule has 1 heterocycles. The standard InChI is InChI=1S/C18H15ClN2O3/c19-14-5-3-12(4-6-14)17(23)20-15-7-1-11(2-8-15)9-13-10-16(22)21-18(13)24/h1-8,13H,9-10H2,(H,20,23)(H,21,22,24)/t13-/m0/s1. The fraction of sp³-hybridized carbons (Fsp3) is 0.167. The van der Waals surface area contributed by atoms with Crippen molar-refractivity contribution in [3.05, 3.63) is 64.7 Å². The zero-order valence-corrected chi connectivity index (χ0v) is 13.5. The summed E-state index contributed by atoms with van der Waals surface area (Å²) < 4.78 is 0. The van der Waals surface area contributed by atoms with Gasteiger partial charge in [0.1, 0.15) is 0 Å². The third-order valence-electron chi connectivity index (χ3n) is 3.87. The van der Waals surface area contributed by atoms with E-state index < -0.39 is 0 Å². The molecular weight excluding hydrogens is 328 g/mol. The van der Waals surface area contributed by atoms with Gasteiger partial charge in [0.15, 0.2) is 0 Å². The van der Waals surface area contributed by atoms with Crippen LogP contribution in [0.5, 0.6) is 0 Å². The first-order valence-corrected chi connectivity index (χ1v) is 7.88. The van der Waals surface area contributed by atoms with Gasteiger partial charge in [0, 0.05) is 22.7 Å². The summed E-state index contributed by atoms with van der Waals surface area (Å²) in [5, 5.41) is 5.68. The van der Waals surface area contributed by atoms with Crippen LogP contribution in [0.25, 0.3) is 0 Å². The molecule has 0 aliphatic carbocycles. The van der Waals surface area contributed by atoms with Crippen molar-refractivity contribution < 1.29 is 14.4 Å². The topological polar surface area (TPSA) is 75.3 Å². The maximum atomic E-state index is 12.1. The van der Waals surface area contributed by atoms with Gasteiger partial charge in [-0.15, -0.1) is 0 Å². The SMILES string of the molecule is O=C1C[C@H](Cc2ccc(NC(=O)c3ccc(Cl)cc3)cc2)C(=O)N1. The Morgan fingerprint density at radius 2 is 1.75 bits per heavy atom. The van der Waals surface area contributed by atoms with E-state index in [2.05, 4.69) is 10.6 Å². The molecule has 0 saturated carbocycles. The Hall–Kier alpha value is -2.66. The van der Waals surface area contributed by atoms with Gasteiger partial charge in [0.05, 0.1) is 5.92 Å². The first kappa shape index (κ1) is 16.2. The third kappa shape index (κ3) is 3.81. The van der Waals surface area contributed by atoms with Gasteiger partial charge in [0.2, 0.25) is 11.8 Å². The summed E-state index contributed by atoms with van der Waals surface area (Å²) in [5.41, 5.74) is 2.12. The van der Waals surface area contributed by atoms with E-state index in [0.29, 0.717) is 22.7 Å². The Morgan fingerprint density at radius 1 is 1.08 bits per heavy atom. The highest BCUT2D eigenvalue weighted by Crippen LogP contribution is 2.19. The molecule has 0 radical (unpaired) electrons. The molecule has 122 valence electrons. The Bertz CT molecular complexity index is 785. The number of benzene rings is 2. The fourth-order valence-corrected chi connectivity index (χ4v) is 2.71. The quantitative estimate of drug-likeness (QED) is 0.839. The number of amides is 3. The van der Waals surface area contributed by atoms with Gasteiger partial charge in [-0.2, -0.15) is 0 Å². The zero-order valence-electron chi connectivity index (χ0n) is 12.7. The average molecular weight is 343 g/mol. The van der Waals surface area contributed by atoms with E-state index in [1.807, 2.05) is 12.1 Å². The predicted octanol–water partition coefficient (Wildman–Crippen LogP) is 2.80. The second-order valence-corrected chi connectivity index (χ2v) is 6.11. The van der Waals surface area contributed by atoms with Crippen LogP contribution in [0.2, 0.25) is 5.02 Å². The van der Waals surface area contributed by atoms with E-state index in [-0.39, 0.29) is 30.1 Å². The Morgan fingerprint density at radius 3 is 2.33 bits per heavy atom. The molecule has 0 aromatic heterocycles. The van der Waals surface area contributed by atoms with Crippen molar-refractivity contribution >= 4 is 35.0 Å². The van der Waals surface area contributed by atoms with E-state index in [1.54, 1.807) is 36.4 Å². The van der Waals surface area contributed by atoms with Crippen molar-refractivity contribution in [2.24, 2.45) is 5.92 Å². The first-order valence-electron chi connectivity index (χ1n) is 7.51. The van der Waals surface area contributed by atoms with Gasteiger partial charge >= 0.3 is 0 Å². The van der Waals surface area contributed by atoms with Gasteiger partial charge in [-0.3, -0.25) is 19.7 Å². The molecule has 1 atom stereocenters. The lowest BCUT2D eigenvalue weighted by Gasteiger charge is -2.09. The van der Waals surface area contributed by atoms with Gasteiger partial charge < -0.3 is 5.32 Å². The highest BCUT2D eigenvalue weighted by atomic mass is 35.5. The normalized spacial score (nSPS) is 16.8. The number of anilines is 1. The van der Waals surface area contributed by atoms with Gasteiger partial charge in [0.25, 0.3) is 5.91 Å². The molecule has 24 heavy (non-hydrogen) atoms. The maximum absolute atomic E-state index is 12.1. The molecule has 0 spiro atoms. The van der Waals surface area contributed by atoms with Crippen LogP contribution in [0.15, 0.2) is 48.5 Å². The van der Waals surface area contributed by atoms with Gasteiger partial charge in [-0.25, -0.2) is 0 Å². The molecule has 2 N–H and O–H groups in total. The predicted molar refractivity (Wildman–Crippen MR) is 90.8 cm³/mol. The van der Waals surface area contributed by atoms with Crippen molar-refractivity contribution in [2.75, 3.05) is 5.32 Å². The first-order chi connectivity index (χ1) is 11.5. The van der Waals surface area contributed by atoms with Crippen molar-refractivity contribution in [3.8, 4) is 0 Å². The summed E-state index contributed by atoms with van der Waals surface area (Å²) in [5.74, 6) is -0.982. The highest BCUT2D eigenvalue weighted by Gasteiger charge is 2.30. The summed E-state index contributed by atoms with van der Waals surface area (Å²) >= 11 is 5.80. The molecule has 2 aromatic carbocycles. The lowest BCUT2D eigenvalue weighted by Crippen LogP contribution is -2.22. The van der Waals surface area contributed by atoms with Gasteiger partial charge in [-0.05, 0) is 48.4 Å². The van der Waals surface area contributed by atoms with Crippen LogP contribution in [0.4, 0.5) is 5.69 Å². The molecule has 2 aromatic rings. The number of carbonyl (C=O) groups excluding carboxylic acids is 3. The minimum Gasteiger partial charge on any atom is -0.322 e. The van der Waals surface area contributed by atoms with Crippen molar-refractivity contribution in [1.29, 1.82) is 0 Å². The molecule has 1 aliphatic rings. The van der Waals surface area contributed by atoms with Gasteiger partial charge in [-0.1, -0.05) is 23.7 Å². The number of hydrogen-bond acceptors (Lipinski definition) is 3. The van der Waals surface area contributed by atoms with Crippen molar-refractivity contribution in [3.63, 3.8) is 0 Å². The number of halogens is 1. The monoisotopic (exact) mass is 342 g/mol. The van der Waals surface area contributed by atoms with Crippen LogP contribution in [-0.2, 0) is 16.0 Å². The summed E-state index contributed by atoms with van der Waals surface area (Å²) in [6.45, 7) is 0. The van der Waals surface area contributed by atoms with E-state index in [4.69, 9.17) is 11.6 Å². The molecule has 1 fully saturated rings. The molecule has 0 bridgehead atoms. The third-order valence-corrected chi connectivity index (χ3v) is 4.12. The maximum Gasteiger partial charge on any atom is 0.255 e. The van der Waals surface area contributed by atoms with E-state index >= 15 is 0 Å². The molecule has 1 aliphatic heterocycles.